The first kappa shape index (κ1) is 19.9. The van der Waals surface area contributed by atoms with E-state index >= 15 is 0 Å². The Kier molecular flexibility index (Phi) is 6.39. The molecule has 0 aliphatic carbocycles. The van der Waals surface area contributed by atoms with Gasteiger partial charge in [-0.3, -0.25) is 4.79 Å². The largest absolute Gasteiger partial charge is 0.494 e. The monoisotopic (exact) mass is 376 g/mol. The van der Waals surface area contributed by atoms with Crippen LogP contribution in [0.1, 0.15) is 25.0 Å². The number of carbonyl (C=O) groups is 1. The van der Waals surface area contributed by atoms with E-state index in [1.165, 1.54) is 19.1 Å². The summed E-state index contributed by atoms with van der Waals surface area (Å²) in [5.41, 5.74) is 2.27. The summed E-state index contributed by atoms with van der Waals surface area (Å²) >= 11 is 0. The molecular formula is C19H24N2O4S. The Bertz CT molecular complexity index is 894. The molecule has 2 N–H and O–H groups in total. The van der Waals surface area contributed by atoms with Crippen LogP contribution in [0.2, 0.25) is 0 Å². The number of aryl methyl sites for hydroxylation is 2. The molecule has 0 heterocycles. The zero-order valence-electron chi connectivity index (χ0n) is 15.4. The van der Waals surface area contributed by atoms with Crippen LogP contribution in [0.4, 0.5) is 5.69 Å². The maximum atomic E-state index is 12.6. The zero-order valence-corrected chi connectivity index (χ0v) is 16.2. The van der Waals surface area contributed by atoms with Crippen molar-refractivity contribution in [3.8, 4) is 5.75 Å². The first-order valence-electron chi connectivity index (χ1n) is 8.37. The Hall–Kier alpha value is -2.38. The summed E-state index contributed by atoms with van der Waals surface area (Å²) in [5.74, 6) is 0.210. The SMILES string of the molecule is CCOc1ccc(S(=O)(=O)N[C@@H](C)C(=O)Nc2ccccc2C)cc1C. The van der Waals surface area contributed by atoms with Crippen LogP contribution in [0.15, 0.2) is 47.4 Å². The predicted octanol–water partition coefficient (Wildman–Crippen LogP) is 3.01. The molecule has 0 spiro atoms. The molecule has 0 saturated heterocycles. The van der Waals surface area contributed by atoms with E-state index in [0.717, 1.165) is 5.56 Å². The van der Waals surface area contributed by atoms with Crippen molar-refractivity contribution in [3.63, 3.8) is 0 Å². The van der Waals surface area contributed by atoms with Gasteiger partial charge in [0.25, 0.3) is 0 Å². The van der Waals surface area contributed by atoms with Crippen molar-refractivity contribution in [3.05, 3.63) is 53.6 Å². The standard InChI is InChI=1S/C19H24N2O4S/c1-5-25-18-11-10-16(12-14(18)3)26(23,24)21-15(4)19(22)20-17-9-7-6-8-13(17)2/h6-12,15,21H,5H2,1-4H3,(H,20,22)/t15-/m0/s1. The Balaban J connectivity index is 2.11. The fraction of sp³-hybridized carbons (Fsp3) is 0.316. The highest BCUT2D eigenvalue weighted by Gasteiger charge is 2.23. The topological polar surface area (TPSA) is 84.5 Å². The van der Waals surface area contributed by atoms with Crippen molar-refractivity contribution in [2.45, 2.75) is 38.6 Å². The molecule has 0 bridgehead atoms. The zero-order chi connectivity index (χ0) is 19.3. The van der Waals surface area contributed by atoms with E-state index in [4.69, 9.17) is 4.74 Å². The van der Waals surface area contributed by atoms with Crippen molar-refractivity contribution < 1.29 is 17.9 Å². The van der Waals surface area contributed by atoms with E-state index in [0.29, 0.717) is 23.6 Å². The number of nitrogens with one attached hydrogen (secondary N) is 2. The first-order valence-corrected chi connectivity index (χ1v) is 9.85. The number of para-hydroxylation sites is 1. The molecule has 6 nitrogen and oxygen atoms in total. The van der Waals surface area contributed by atoms with Gasteiger partial charge in [0, 0.05) is 5.69 Å². The van der Waals surface area contributed by atoms with Crippen LogP contribution in [0.3, 0.4) is 0 Å². The van der Waals surface area contributed by atoms with Crippen LogP contribution in [-0.4, -0.2) is 27.0 Å². The van der Waals surface area contributed by atoms with Gasteiger partial charge in [-0.05, 0) is 63.1 Å². The highest BCUT2D eigenvalue weighted by atomic mass is 32.2. The lowest BCUT2D eigenvalue weighted by molar-refractivity contribution is -0.117. The molecule has 1 atom stereocenters. The number of ether oxygens (including phenoxy) is 1. The van der Waals surface area contributed by atoms with Crippen LogP contribution in [-0.2, 0) is 14.8 Å². The van der Waals surface area contributed by atoms with E-state index in [1.807, 2.05) is 26.0 Å². The van der Waals surface area contributed by atoms with Crippen molar-refractivity contribution >= 4 is 21.6 Å². The maximum Gasteiger partial charge on any atom is 0.242 e. The van der Waals surface area contributed by atoms with E-state index in [1.54, 1.807) is 25.1 Å². The molecule has 7 heteroatoms. The fourth-order valence-electron chi connectivity index (χ4n) is 2.41. The lowest BCUT2D eigenvalue weighted by Crippen LogP contribution is -2.41. The van der Waals surface area contributed by atoms with Gasteiger partial charge in [0.1, 0.15) is 5.75 Å². The van der Waals surface area contributed by atoms with E-state index in [2.05, 4.69) is 10.0 Å². The van der Waals surface area contributed by atoms with Crippen LogP contribution in [0.5, 0.6) is 5.75 Å². The molecule has 26 heavy (non-hydrogen) atoms. The minimum Gasteiger partial charge on any atom is -0.494 e. The third-order valence-electron chi connectivity index (χ3n) is 3.88. The molecule has 0 radical (unpaired) electrons. The number of hydrogen-bond donors (Lipinski definition) is 2. The predicted molar refractivity (Wildman–Crippen MR) is 102 cm³/mol. The number of carbonyl (C=O) groups excluding carboxylic acids is 1. The molecule has 0 saturated carbocycles. The van der Waals surface area contributed by atoms with Gasteiger partial charge in [0.2, 0.25) is 15.9 Å². The number of benzene rings is 2. The van der Waals surface area contributed by atoms with Crippen molar-refractivity contribution in [1.29, 1.82) is 0 Å². The number of rotatable bonds is 7. The van der Waals surface area contributed by atoms with E-state index < -0.39 is 22.0 Å². The molecule has 2 aromatic carbocycles. The van der Waals surface area contributed by atoms with Gasteiger partial charge in [-0.25, -0.2) is 8.42 Å². The average Bonchev–Trinajstić information content (AvgIpc) is 2.58. The number of sulfonamides is 1. The molecule has 2 rings (SSSR count). The van der Waals surface area contributed by atoms with Crippen LogP contribution < -0.4 is 14.8 Å². The van der Waals surface area contributed by atoms with Gasteiger partial charge in [-0.2, -0.15) is 4.72 Å². The number of amides is 1. The quantitative estimate of drug-likeness (QED) is 0.778. The summed E-state index contributed by atoms with van der Waals surface area (Å²) < 4.78 is 32.9. The smallest absolute Gasteiger partial charge is 0.242 e. The highest BCUT2D eigenvalue weighted by molar-refractivity contribution is 7.89. The molecule has 0 aromatic heterocycles. The molecule has 0 unspecified atom stereocenters. The van der Waals surface area contributed by atoms with Gasteiger partial charge >= 0.3 is 0 Å². The molecule has 140 valence electrons. The Morgan fingerprint density at radius 3 is 2.42 bits per heavy atom. The van der Waals surface area contributed by atoms with Crippen LogP contribution >= 0.6 is 0 Å². The molecule has 2 aromatic rings. The average molecular weight is 376 g/mol. The van der Waals surface area contributed by atoms with E-state index in [9.17, 15) is 13.2 Å². The summed E-state index contributed by atoms with van der Waals surface area (Å²) in [6, 6.07) is 11.0. The first-order chi connectivity index (χ1) is 12.2. The lowest BCUT2D eigenvalue weighted by atomic mass is 10.2. The Morgan fingerprint density at radius 2 is 1.81 bits per heavy atom. The third-order valence-corrected chi connectivity index (χ3v) is 5.42. The van der Waals surface area contributed by atoms with Gasteiger partial charge < -0.3 is 10.1 Å². The van der Waals surface area contributed by atoms with Gasteiger partial charge in [-0.1, -0.05) is 18.2 Å². The molecular weight excluding hydrogens is 352 g/mol. The van der Waals surface area contributed by atoms with Crippen molar-refractivity contribution in [2.75, 3.05) is 11.9 Å². The van der Waals surface area contributed by atoms with Crippen molar-refractivity contribution in [1.82, 2.24) is 4.72 Å². The minimum atomic E-state index is -3.83. The second kappa shape index (κ2) is 8.33. The summed E-state index contributed by atoms with van der Waals surface area (Å²) in [6.07, 6.45) is 0. The van der Waals surface area contributed by atoms with E-state index in [-0.39, 0.29) is 4.90 Å². The summed E-state index contributed by atoms with van der Waals surface area (Å²) in [4.78, 5) is 12.4. The third kappa shape index (κ3) is 4.83. The molecule has 1 amide bonds. The highest BCUT2D eigenvalue weighted by Crippen LogP contribution is 2.22. The second-order valence-electron chi connectivity index (χ2n) is 6.01. The van der Waals surface area contributed by atoms with Crippen molar-refractivity contribution in [2.24, 2.45) is 0 Å². The van der Waals surface area contributed by atoms with Gasteiger partial charge in [0.15, 0.2) is 0 Å². The summed E-state index contributed by atoms with van der Waals surface area (Å²) in [6.45, 7) is 7.51. The fourth-order valence-corrected chi connectivity index (χ4v) is 3.70. The Morgan fingerprint density at radius 1 is 1.12 bits per heavy atom. The van der Waals surface area contributed by atoms with Gasteiger partial charge in [-0.15, -0.1) is 0 Å². The minimum absolute atomic E-state index is 0.0917. The second-order valence-corrected chi connectivity index (χ2v) is 7.72. The summed E-state index contributed by atoms with van der Waals surface area (Å²) in [5, 5.41) is 2.74. The van der Waals surface area contributed by atoms with Crippen LogP contribution in [0, 0.1) is 13.8 Å². The Labute approximate surface area is 154 Å². The molecule has 0 aliphatic heterocycles. The lowest BCUT2D eigenvalue weighted by Gasteiger charge is -2.16. The number of anilines is 1. The molecule has 0 aliphatic rings. The van der Waals surface area contributed by atoms with Crippen LogP contribution in [0.25, 0.3) is 0 Å². The summed E-state index contributed by atoms with van der Waals surface area (Å²) in [7, 11) is -3.83. The maximum absolute atomic E-state index is 12.6. The molecule has 0 fully saturated rings. The van der Waals surface area contributed by atoms with Gasteiger partial charge in [0.05, 0.1) is 17.5 Å². The normalized spacial score (nSPS) is 12.5. The number of hydrogen-bond acceptors (Lipinski definition) is 4.